The fourth-order valence-electron chi connectivity index (χ4n) is 2.88. The highest BCUT2D eigenvalue weighted by atomic mass is 32.1. The number of ketones is 1. The van der Waals surface area contributed by atoms with Gasteiger partial charge in [0.25, 0.3) is 0 Å². The molecule has 1 aromatic carbocycles. The molecule has 1 heterocycles. The van der Waals surface area contributed by atoms with E-state index >= 15 is 0 Å². The molecule has 21 heavy (non-hydrogen) atoms. The zero-order chi connectivity index (χ0) is 14.8. The van der Waals surface area contributed by atoms with Gasteiger partial charge < -0.3 is 15.4 Å². The fourth-order valence-corrected chi connectivity index (χ4v) is 3.12. The molecule has 2 N–H and O–H groups in total. The van der Waals surface area contributed by atoms with Crippen LogP contribution in [0.4, 0.5) is 0 Å². The Kier molecular flexibility index (Phi) is 3.92. The first-order valence-corrected chi connectivity index (χ1v) is 7.66. The summed E-state index contributed by atoms with van der Waals surface area (Å²) < 4.78 is 5.46. The minimum Gasteiger partial charge on any atom is -0.494 e. The molecule has 0 fully saturated rings. The van der Waals surface area contributed by atoms with Crippen molar-refractivity contribution in [3.63, 3.8) is 0 Å². The van der Waals surface area contributed by atoms with E-state index in [4.69, 9.17) is 17.0 Å². The number of hydrogen-bond acceptors (Lipinski definition) is 3. The molecule has 1 aliphatic heterocycles. The van der Waals surface area contributed by atoms with Crippen molar-refractivity contribution in [1.29, 1.82) is 0 Å². The summed E-state index contributed by atoms with van der Waals surface area (Å²) in [6.45, 7) is 2.60. The van der Waals surface area contributed by atoms with Gasteiger partial charge in [0, 0.05) is 17.7 Å². The van der Waals surface area contributed by atoms with Crippen LogP contribution in [0.2, 0.25) is 0 Å². The van der Waals surface area contributed by atoms with Crippen molar-refractivity contribution in [2.75, 3.05) is 6.61 Å². The maximum absolute atomic E-state index is 12.3. The zero-order valence-electron chi connectivity index (χ0n) is 11.9. The zero-order valence-corrected chi connectivity index (χ0v) is 12.8. The number of benzene rings is 1. The van der Waals surface area contributed by atoms with Crippen LogP contribution in [-0.2, 0) is 4.79 Å². The van der Waals surface area contributed by atoms with Gasteiger partial charge in [-0.3, -0.25) is 4.79 Å². The fraction of sp³-hybridized carbons (Fsp3) is 0.375. The van der Waals surface area contributed by atoms with Crippen LogP contribution in [0.25, 0.3) is 0 Å². The van der Waals surface area contributed by atoms with Crippen molar-refractivity contribution in [3.8, 4) is 5.75 Å². The highest BCUT2D eigenvalue weighted by Gasteiger charge is 2.32. The van der Waals surface area contributed by atoms with Gasteiger partial charge in [-0.15, -0.1) is 0 Å². The summed E-state index contributed by atoms with van der Waals surface area (Å²) in [4.78, 5) is 12.3. The molecule has 0 saturated heterocycles. The molecular weight excluding hydrogens is 284 g/mol. The number of nitrogens with one attached hydrogen (secondary N) is 2. The van der Waals surface area contributed by atoms with E-state index in [2.05, 4.69) is 10.6 Å². The molecule has 110 valence electrons. The smallest absolute Gasteiger partial charge is 0.171 e. The molecule has 4 nitrogen and oxygen atoms in total. The maximum Gasteiger partial charge on any atom is 0.171 e. The second-order valence-corrected chi connectivity index (χ2v) is 5.61. The second kappa shape index (κ2) is 5.85. The Labute approximate surface area is 129 Å². The topological polar surface area (TPSA) is 50.4 Å². The van der Waals surface area contributed by atoms with Gasteiger partial charge >= 0.3 is 0 Å². The molecule has 1 atom stereocenters. The minimum absolute atomic E-state index is 0.155. The van der Waals surface area contributed by atoms with E-state index in [1.165, 1.54) is 0 Å². The third-order valence-electron chi connectivity index (χ3n) is 3.81. The Morgan fingerprint density at radius 2 is 2.05 bits per heavy atom. The third kappa shape index (κ3) is 2.78. The lowest BCUT2D eigenvalue weighted by molar-refractivity contribution is -0.116. The number of carbonyl (C=O) groups is 1. The molecule has 0 saturated carbocycles. The predicted molar refractivity (Wildman–Crippen MR) is 85.1 cm³/mol. The third-order valence-corrected chi connectivity index (χ3v) is 4.03. The predicted octanol–water partition coefficient (Wildman–Crippen LogP) is 2.61. The molecule has 1 aliphatic carbocycles. The Hall–Kier alpha value is -1.88. The molecule has 3 rings (SSSR count). The van der Waals surface area contributed by atoms with Crippen LogP contribution < -0.4 is 15.4 Å². The second-order valence-electron chi connectivity index (χ2n) is 5.20. The van der Waals surface area contributed by atoms with Gasteiger partial charge in [0.15, 0.2) is 10.9 Å². The molecule has 2 aliphatic rings. The lowest BCUT2D eigenvalue weighted by Crippen LogP contribution is -2.46. The highest BCUT2D eigenvalue weighted by molar-refractivity contribution is 7.80. The van der Waals surface area contributed by atoms with Crippen molar-refractivity contribution < 1.29 is 9.53 Å². The minimum atomic E-state index is -0.155. The number of rotatable bonds is 3. The first-order chi connectivity index (χ1) is 10.2. The standard InChI is InChI=1S/C16H18N2O2S/c1-2-20-11-8-6-10(7-9-11)15-14-12(17-16(21)18-15)4-3-5-13(14)19/h6-9,15H,2-5H2,1H3,(H2,17,18,21)/t15-/m0/s1. The van der Waals surface area contributed by atoms with Crippen LogP contribution in [0.5, 0.6) is 5.75 Å². The van der Waals surface area contributed by atoms with E-state index in [0.717, 1.165) is 35.4 Å². The number of Topliss-reactive ketones (excluding diaryl/α,β-unsaturated/α-hetero) is 1. The monoisotopic (exact) mass is 302 g/mol. The van der Waals surface area contributed by atoms with Crippen LogP contribution >= 0.6 is 12.2 Å². The quantitative estimate of drug-likeness (QED) is 0.841. The van der Waals surface area contributed by atoms with Crippen LogP contribution in [0.1, 0.15) is 37.8 Å². The SMILES string of the molecule is CCOc1ccc([C@@H]2NC(=S)NC3=C2C(=O)CCC3)cc1. The Morgan fingerprint density at radius 1 is 1.29 bits per heavy atom. The summed E-state index contributed by atoms with van der Waals surface area (Å²) >= 11 is 5.26. The van der Waals surface area contributed by atoms with Crippen LogP contribution in [0.3, 0.4) is 0 Å². The Morgan fingerprint density at radius 3 is 2.76 bits per heavy atom. The number of allylic oxidation sites excluding steroid dienone is 1. The number of thiocarbonyl (C=S) groups is 1. The molecule has 5 heteroatoms. The average Bonchev–Trinajstić information content (AvgIpc) is 2.47. The van der Waals surface area contributed by atoms with Gasteiger partial charge in [-0.25, -0.2) is 0 Å². The van der Waals surface area contributed by atoms with Gasteiger partial charge in [-0.05, 0) is 49.7 Å². The molecule has 0 unspecified atom stereocenters. The summed E-state index contributed by atoms with van der Waals surface area (Å²) in [5, 5.41) is 6.93. The van der Waals surface area contributed by atoms with Gasteiger partial charge in [-0.1, -0.05) is 12.1 Å². The lowest BCUT2D eigenvalue weighted by atomic mass is 9.85. The van der Waals surface area contributed by atoms with Gasteiger partial charge in [0.2, 0.25) is 0 Å². The molecule has 0 spiro atoms. The van der Waals surface area contributed by atoms with Crippen molar-refractivity contribution in [3.05, 3.63) is 41.1 Å². The summed E-state index contributed by atoms with van der Waals surface area (Å²) in [6, 6.07) is 7.68. The first kappa shape index (κ1) is 14.1. The first-order valence-electron chi connectivity index (χ1n) is 7.25. The molecule has 0 aromatic heterocycles. The van der Waals surface area contributed by atoms with E-state index in [-0.39, 0.29) is 11.8 Å². The average molecular weight is 302 g/mol. The van der Waals surface area contributed by atoms with E-state index in [9.17, 15) is 4.79 Å². The Balaban J connectivity index is 1.95. The van der Waals surface area contributed by atoms with E-state index in [1.807, 2.05) is 31.2 Å². The number of hydrogen-bond donors (Lipinski definition) is 2. The molecular formula is C16H18N2O2S. The summed E-state index contributed by atoms with van der Waals surface area (Å²) in [5.41, 5.74) is 2.85. The molecule has 0 bridgehead atoms. The van der Waals surface area contributed by atoms with Crippen LogP contribution in [0.15, 0.2) is 35.5 Å². The largest absolute Gasteiger partial charge is 0.494 e. The van der Waals surface area contributed by atoms with Crippen LogP contribution in [-0.4, -0.2) is 17.5 Å². The summed E-state index contributed by atoms with van der Waals surface area (Å²) in [6.07, 6.45) is 2.39. The van der Waals surface area contributed by atoms with E-state index in [1.54, 1.807) is 0 Å². The Bertz CT molecular complexity index is 607. The summed E-state index contributed by atoms with van der Waals surface area (Å²) in [5.74, 6) is 1.04. The van der Waals surface area contributed by atoms with Gasteiger partial charge in [0.1, 0.15) is 5.75 Å². The summed E-state index contributed by atoms with van der Waals surface area (Å²) in [7, 11) is 0. The molecule has 0 amide bonds. The lowest BCUT2D eigenvalue weighted by Gasteiger charge is -2.33. The van der Waals surface area contributed by atoms with Crippen LogP contribution in [0, 0.1) is 0 Å². The number of carbonyl (C=O) groups excluding carboxylic acids is 1. The molecule has 0 radical (unpaired) electrons. The van der Waals surface area contributed by atoms with Gasteiger partial charge in [-0.2, -0.15) is 0 Å². The van der Waals surface area contributed by atoms with Crippen molar-refractivity contribution in [2.45, 2.75) is 32.2 Å². The van der Waals surface area contributed by atoms with Gasteiger partial charge in [0.05, 0.1) is 12.6 Å². The van der Waals surface area contributed by atoms with Crippen molar-refractivity contribution in [1.82, 2.24) is 10.6 Å². The van der Waals surface area contributed by atoms with Crippen molar-refractivity contribution in [2.24, 2.45) is 0 Å². The van der Waals surface area contributed by atoms with Crippen molar-refractivity contribution >= 4 is 23.1 Å². The van der Waals surface area contributed by atoms with E-state index in [0.29, 0.717) is 18.1 Å². The molecule has 1 aromatic rings. The normalized spacial score (nSPS) is 21.5. The van der Waals surface area contributed by atoms with E-state index < -0.39 is 0 Å². The maximum atomic E-state index is 12.3. The highest BCUT2D eigenvalue weighted by Crippen LogP contribution is 2.33. The number of ether oxygens (including phenoxy) is 1.